The van der Waals surface area contributed by atoms with E-state index in [1.165, 1.54) is 11.6 Å². The maximum absolute atomic E-state index is 11.4. The molecular formula is C14H20N2O. The van der Waals surface area contributed by atoms with E-state index in [-0.39, 0.29) is 11.9 Å². The summed E-state index contributed by atoms with van der Waals surface area (Å²) < 4.78 is 0. The number of hydrogen-bond donors (Lipinski definition) is 1. The van der Waals surface area contributed by atoms with Gasteiger partial charge in [0.15, 0.2) is 0 Å². The average molecular weight is 232 g/mol. The highest BCUT2D eigenvalue weighted by Gasteiger charge is 2.13. The summed E-state index contributed by atoms with van der Waals surface area (Å²) in [4.78, 5) is 13.5. The molecule has 3 heteroatoms. The third-order valence-electron chi connectivity index (χ3n) is 2.60. The van der Waals surface area contributed by atoms with Crippen LogP contribution in [0.3, 0.4) is 0 Å². The van der Waals surface area contributed by atoms with Gasteiger partial charge in [0.25, 0.3) is 0 Å². The number of hydrogen-bond acceptors (Lipinski definition) is 2. The summed E-state index contributed by atoms with van der Waals surface area (Å²) in [6.45, 7) is 2.44. The zero-order chi connectivity index (χ0) is 12.7. The third-order valence-corrected chi connectivity index (χ3v) is 2.60. The first-order valence-corrected chi connectivity index (χ1v) is 5.77. The molecule has 0 radical (unpaired) electrons. The van der Waals surface area contributed by atoms with Crippen LogP contribution in [0.5, 0.6) is 0 Å². The molecule has 1 atom stereocenters. The van der Waals surface area contributed by atoms with Gasteiger partial charge in [0.2, 0.25) is 5.91 Å². The molecule has 17 heavy (non-hydrogen) atoms. The molecule has 1 N–H and O–H groups in total. The number of carbonyl (C=O) groups is 1. The Morgan fingerprint density at radius 3 is 2.53 bits per heavy atom. The fraction of sp³-hybridized carbons (Fsp3) is 0.357. The van der Waals surface area contributed by atoms with Gasteiger partial charge in [-0.2, -0.15) is 0 Å². The van der Waals surface area contributed by atoms with Crippen LogP contribution in [0.25, 0.3) is 0 Å². The molecule has 92 valence electrons. The minimum absolute atomic E-state index is 0.0460. The Labute approximate surface area is 103 Å². The molecule has 0 aromatic heterocycles. The Morgan fingerprint density at radius 2 is 2.00 bits per heavy atom. The van der Waals surface area contributed by atoms with E-state index in [0.717, 1.165) is 0 Å². The number of amides is 1. The molecule has 1 rings (SSSR count). The lowest BCUT2D eigenvalue weighted by atomic mass is 10.1. The number of carbonyl (C=O) groups excluding carboxylic acids is 1. The van der Waals surface area contributed by atoms with Gasteiger partial charge in [0.1, 0.15) is 0 Å². The summed E-state index contributed by atoms with van der Waals surface area (Å²) in [5.74, 6) is -0.0460. The second kappa shape index (κ2) is 6.86. The van der Waals surface area contributed by atoms with E-state index in [0.29, 0.717) is 6.54 Å². The van der Waals surface area contributed by atoms with Crippen LogP contribution in [-0.4, -0.2) is 31.4 Å². The van der Waals surface area contributed by atoms with Gasteiger partial charge >= 0.3 is 0 Å². The highest BCUT2D eigenvalue weighted by atomic mass is 16.1. The minimum Gasteiger partial charge on any atom is -0.351 e. The number of benzene rings is 1. The summed E-state index contributed by atoms with van der Waals surface area (Å²) in [6, 6.07) is 10.4. The first-order valence-electron chi connectivity index (χ1n) is 5.77. The monoisotopic (exact) mass is 232 g/mol. The van der Waals surface area contributed by atoms with Gasteiger partial charge in [-0.15, -0.1) is 0 Å². The third kappa shape index (κ3) is 4.41. The van der Waals surface area contributed by atoms with Crippen molar-refractivity contribution in [3.8, 4) is 0 Å². The van der Waals surface area contributed by atoms with E-state index in [1.807, 2.05) is 39.2 Å². The van der Waals surface area contributed by atoms with Crippen molar-refractivity contribution in [3.05, 3.63) is 48.0 Å². The molecule has 1 unspecified atom stereocenters. The summed E-state index contributed by atoms with van der Waals surface area (Å²) in [7, 11) is 4.03. The molecule has 0 saturated carbocycles. The van der Waals surface area contributed by atoms with Crippen LogP contribution in [0.4, 0.5) is 0 Å². The van der Waals surface area contributed by atoms with Crippen LogP contribution in [-0.2, 0) is 4.79 Å². The molecule has 0 aliphatic carbocycles. The van der Waals surface area contributed by atoms with Gasteiger partial charge in [0.05, 0.1) is 6.04 Å². The Kier molecular flexibility index (Phi) is 5.43. The number of allylic oxidation sites excluding steroid dienone is 1. The van der Waals surface area contributed by atoms with Crippen molar-refractivity contribution in [3.63, 3.8) is 0 Å². The predicted molar refractivity (Wildman–Crippen MR) is 70.7 cm³/mol. The van der Waals surface area contributed by atoms with Crippen LogP contribution in [0.1, 0.15) is 18.5 Å². The second-order valence-corrected chi connectivity index (χ2v) is 4.14. The number of likely N-dealkylation sites (N-methyl/N-ethyl adjacent to an activating group) is 1. The van der Waals surface area contributed by atoms with Crippen molar-refractivity contribution in [1.82, 2.24) is 10.2 Å². The van der Waals surface area contributed by atoms with Gasteiger partial charge in [0, 0.05) is 6.54 Å². The fourth-order valence-corrected chi connectivity index (χ4v) is 1.68. The van der Waals surface area contributed by atoms with E-state index in [2.05, 4.69) is 22.3 Å². The summed E-state index contributed by atoms with van der Waals surface area (Å²) in [5.41, 5.74) is 1.21. The molecule has 3 nitrogen and oxygen atoms in total. The Bertz CT molecular complexity index is 371. The molecule has 0 heterocycles. The molecule has 1 aromatic rings. The SMILES string of the molecule is CC=CC(=O)NCC(c1ccccc1)N(C)C. The molecule has 0 fully saturated rings. The van der Waals surface area contributed by atoms with E-state index < -0.39 is 0 Å². The molecule has 1 amide bonds. The van der Waals surface area contributed by atoms with E-state index >= 15 is 0 Å². The minimum atomic E-state index is -0.0460. The van der Waals surface area contributed by atoms with Crippen molar-refractivity contribution < 1.29 is 4.79 Å². The van der Waals surface area contributed by atoms with Crippen LogP contribution in [0.15, 0.2) is 42.5 Å². The van der Waals surface area contributed by atoms with Gasteiger partial charge < -0.3 is 10.2 Å². The number of rotatable bonds is 5. The van der Waals surface area contributed by atoms with E-state index in [4.69, 9.17) is 0 Å². The molecular weight excluding hydrogens is 212 g/mol. The fourth-order valence-electron chi connectivity index (χ4n) is 1.68. The van der Waals surface area contributed by atoms with Gasteiger partial charge in [-0.3, -0.25) is 4.79 Å². The first kappa shape index (κ1) is 13.5. The molecule has 0 aliphatic rings. The van der Waals surface area contributed by atoms with Gasteiger partial charge in [-0.05, 0) is 32.7 Å². The lowest BCUT2D eigenvalue weighted by Gasteiger charge is -2.24. The van der Waals surface area contributed by atoms with Crippen molar-refractivity contribution in [2.24, 2.45) is 0 Å². The van der Waals surface area contributed by atoms with Crippen LogP contribution < -0.4 is 5.32 Å². The van der Waals surface area contributed by atoms with Crippen LogP contribution in [0, 0.1) is 0 Å². The Hall–Kier alpha value is -1.61. The van der Waals surface area contributed by atoms with Crippen molar-refractivity contribution in [1.29, 1.82) is 0 Å². The molecule has 0 spiro atoms. The standard InChI is InChI=1S/C14H20N2O/c1-4-8-14(17)15-11-13(16(2)3)12-9-6-5-7-10-12/h4-10,13H,11H2,1-3H3,(H,15,17). The summed E-state index contributed by atoms with van der Waals surface area (Å²) in [5, 5.41) is 2.90. The van der Waals surface area contributed by atoms with E-state index in [1.54, 1.807) is 6.08 Å². The second-order valence-electron chi connectivity index (χ2n) is 4.14. The largest absolute Gasteiger partial charge is 0.351 e. The van der Waals surface area contributed by atoms with Crippen LogP contribution >= 0.6 is 0 Å². The molecule has 0 saturated heterocycles. The highest BCUT2D eigenvalue weighted by molar-refractivity contribution is 5.87. The highest BCUT2D eigenvalue weighted by Crippen LogP contribution is 2.16. The average Bonchev–Trinajstić information content (AvgIpc) is 2.30. The van der Waals surface area contributed by atoms with Crippen molar-refractivity contribution in [2.45, 2.75) is 13.0 Å². The number of nitrogens with one attached hydrogen (secondary N) is 1. The van der Waals surface area contributed by atoms with Gasteiger partial charge in [-0.25, -0.2) is 0 Å². The normalized spacial score (nSPS) is 12.9. The van der Waals surface area contributed by atoms with E-state index in [9.17, 15) is 4.79 Å². The lowest BCUT2D eigenvalue weighted by Crippen LogP contribution is -2.33. The molecule has 0 bridgehead atoms. The maximum Gasteiger partial charge on any atom is 0.243 e. The first-order chi connectivity index (χ1) is 8.15. The van der Waals surface area contributed by atoms with Crippen molar-refractivity contribution >= 4 is 5.91 Å². The lowest BCUT2D eigenvalue weighted by molar-refractivity contribution is -0.116. The zero-order valence-electron chi connectivity index (χ0n) is 10.7. The quantitative estimate of drug-likeness (QED) is 0.787. The Morgan fingerprint density at radius 1 is 1.35 bits per heavy atom. The summed E-state index contributed by atoms with van der Waals surface area (Å²) >= 11 is 0. The zero-order valence-corrected chi connectivity index (χ0v) is 10.7. The number of nitrogens with zero attached hydrogens (tertiary/aromatic N) is 1. The predicted octanol–water partition coefficient (Wildman–Crippen LogP) is 1.98. The summed E-state index contributed by atoms with van der Waals surface area (Å²) in [6.07, 6.45) is 3.28. The smallest absolute Gasteiger partial charge is 0.243 e. The molecule has 1 aromatic carbocycles. The van der Waals surface area contributed by atoms with Crippen LogP contribution in [0.2, 0.25) is 0 Å². The van der Waals surface area contributed by atoms with Gasteiger partial charge in [-0.1, -0.05) is 36.4 Å². The van der Waals surface area contributed by atoms with Crippen molar-refractivity contribution in [2.75, 3.05) is 20.6 Å². The topological polar surface area (TPSA) is 32.3 Å². The Balaban J connectivity index is 2.65. The molecule has 0 aliphatic heterocycles. The maximum atomic E-state index is 11.4.